The van der Waals surface area contributed by atoms with E-state index in [2.05, 4.69) is 0 Å². The molecule has 1 aromatic carbocycles. The van der Waals surface area contributed by atoms with Crippen LogP contribution in [0.5, 0.6) is 0 Å². The lowest BCUT2D eigenvalue weighted by Crippen LogP contribution is -2.52. The van der Waals surface area contributed by atoms with E-state index in [0.29, 0.717) is 24.6 Å². The molecule has 0 saturated heterocycles. The molecule has 2 fully saturated rings. The number of furan rings is 1. The summed E-state index contributed by atoms with van der Waals surface area (Å²) < 4.78 is 11.9. The van der Waals surface area contributed by atoms with Gasteiger partial charge >= 0.3 is 0 Å². The van der Waals surface area contributed by atoms with E-state index in [1.807, 2.05) is 30.3 Å². The average Bonchev–Trinajstić information content (AvgIpc) is 3.21. The van der Waals surface area contributed by atoms with Crippen molar-refractivity contribution in [3.63, 3.8) is 0 Å². The summed E-state index contributed by atoms with van der Waals surface area (Å²) in [5, 5.41) is 12.1. The number of aldehydes is 1. The van der Waals surface area contributed by atoms with E-state index in [-0.39, 0.29) is 22.5 Å². The number of rotatable bonds is 6. The van der Waals surface area contributed by atoms with Gasteiger partial charge in [0.1, 0.15) is 11.9 Å². The lowest BCUT2D eigenvalue weighted by molar-refractivity contribution is -0.553. The van der Waals surface area contributed by atoms with Crippen LogP contribution >= 0.6 is 0 Å². The Balaban J connectivity index is 1.65. The van der Waals surface area contributed by atoms with E-state index in [1.165, 1.54) is 0 Å². The molecular formula is C22H25NO5. The fourth-order valence-electron chi connectivity index (χ4n) is 5.09. The van der Waals surface area contributed by atoms with Crippen LogP contribution in [0.2, 0.25) is 0 Å². The minimum atomic E-state index is -0.752. The Morgan fingerprint density at radius 3 is 2.64 bits per heavy atom. The molecule has 1 heterocycles. The van der Waals surface area contributed by atoms with E-state index < -0.39 is 12.1 Å². The second kappa shape index (κ2) is 8.27. The van der Waals surface area contributed by atoms with E-state index in [0.717, 1.165) is 37.7 Å². The Morgan fingerprint density at radius 2 is 1.93 bits per heavy atom. The molecule has 6 nitrogen and oxygen atoms in total. The van der Waals surface area contributed by atoms with Gasteiger partial charge in [-0.15, -0.1) is 0 Å². The van der Waals surface area contributed by atoms with Crippen molar-refractivity contribution < 1.29 is 18.9 Å². The van der Waals surface area contributed by atoms with Gasteiger partial charge in [0, 0.05) is 10.8 Å². The number of hydrogen-bond acceptors (Lipinski definition) is 5. The Hall–Kier alpha value is -2.47. The number of benzene rings is 1. The number of ether oxygens (including phenoxy) is 1. The first-order valence-corrected chi connectivity index (χ1v) is 10.0. The van der Waals surface area contributed by atoms with Crippen molar-refractivity contribution in [1.82, 2.24) is 0 Å². The Bertz CT molecular complexity index is 817. The van der Waals surface area contributed by atoms with E-state index in [1.54, 1.807) is 12.1 Å². The molecule has 0 radical (unpaired) electrons. The van der Waals surface area contributed by atoms with Gasteiger partial charge in [0.2, 0.25) is 6.04 Å². The number of carbonyl (C=O) groups is 1. The zero-order chi connectivity index (χ0) is 19.5. The normalized spacial score (nSPS) is 29.8. The molecule has 0 spiro atoms. The molecule has 2 aliphatic carbocycles. The zero-order valence-electron chi connectivity index (χ0n) is 15.7. The van der Waals surface area contributed by atoms with Crippen LogP contribution < -0.4 is 0 Å². The van der Waals surface area contributed by atoms with Gasteiger partial charge in [0.15, 0.2) is 12.0 Å². The van der Waals surface area contributed by atoms with Crippen LogP contribution in [0.3, 0.4) is 0 Å². The Kier molecular flexibility index (Phi) is 5.57. The number of nitrogens with zero attached hydrogens (tertiary/aromatic N) is 1. The molecule has 0 N–H and O–H groups in total. The molecule has 148 valence electrons. The number of fused-ring (bicyclic) bond motifs is 1. The highest BCUT2D eigenvalue weighted by Gasteiger charge is 2.53. The fourth-order valence-corrected chi connectivity index (χ4v) is 5.09. The van der Waals surface area contributed by atoms with Crippen molar-refractivity contribution in [2.24, 2.45) is 11.8 Å². The summed E-state index contributed by atoms with van der Waals surface area (Å²) in [5.74, 6) is 1.00. The van der Waals surface area contributed by atoms with Gasteiger partial charge < -0.3 is 9.15 Å². The summed E-state index contributed by atoms with van der Waals surface area (Å²) in [6, 6.07) is 12.4. The predicted octanol–water partition coefficient (Wildman–Crippen LogP) is 4.62. The van der Waals surface area contributed by atoms with Gasteiger partial charge in [0.25, 0.3) is 0 Å². The minimum Gasteiger partial charge on any atom is -0.458 e. The Morgan fingerprint density at radius 1 is 1.14 bits per heavy atom. The first-order chi connectivity index (χ1) is 13.7. The molecule has 5 unspecified atom stereocenters. The average molecular weight is 383 g/mol. The highest BCUT2D eigenvalue weighted by molar-refractivity contribution is 5.70. The van der Waals surface area contributed by atoms with Gasteiger partial charge in [-0.2, -0.15) is 0 Å². The van der Waals surface area contributed by atoms with Gasteiger partial charge in [-0.1, -0.05) is 43.2 Å². The van der Waals surface area contributed by atoms with Gasteiger partial charge in [-0.25, -0.2) is 0 Å². The smallest absolute Gasteiger partial charge is 0.242 e. The van der Waals surface area contributed by atoms with Crippen LogP contribution in [0.25, 0.3) is 0 Å². The fraction of sp³-hybridized carbons (Fsp3) is 0.500. The Labute approximate surface area is 164 Å². The van der Waals surface area contributed by atoms with Crippen molar-refractivity contribution in [2.45, 2.75) is 56.8 Å². The minimum absolute atomic E-state index is 0.0428. The molecule has 0 amide bonds. The predicted molar refractivity (Wildman–Crippen MR) is 103 cm³/mol. The van der Waals surface area contributed by atoms with E-state index >= 15 is 0 Å². The SMILES string of the molecule is O=Cc1ccc(C2CC3CCCCC3C([N+](=O)[O-])C2OCc2ccccc2)o1. The third kappa shape index (κ3) is 3.74. The monoisotopic (exact) mass is 383 g/mol. The third-order valence-corrected chi connectivity index (χ3v) is 6.35. The number of nitro groups is 1. The molecule has 0 bridgehead atoms. The maximum Gasteiger partial charge on any atom is 0.242 e. The maximum absolute atomic E-state index is 12.1. The highest BCUT2D eigenvalue weighted by Crippen LogP contribution is 2.48. The summed E-state index contributed by atoms with van der Waals surface area (Å²) in [5.41, 5.74) is 0.988. The molecule has 6 heteroatoms. The lowest BCUT2D eigenvalue weighted by Gasteiger charge is -2.44. The largest absolute Gasteiger partial charge is 0.458 e. The van der Waals surface area contributed by atoms with Crippen LogP contribution in [-0.2, 0) is 11.3 Å². The van der Waals surface area contributed by atoms with Crippen LogP contribution in [0.4, 0.5) is 0 Å². The maximum atomic E-state index is 12.1. The molecule has 2 aromatic rings. The summed E-state index contributed by atoms with van der Waals surface area (Å²) in [6.07, 6.45) is 4.95. The standard InChI is InChI=1S/C22H25NO5/c24-13-17-10-11-20(28-17)19-12-16-8-4-5-9-18(16)21(23(25)26)22(19)27-14-15-6-2-1-3-7-15/h1-3,6-7,10-11,13,16,18-19,21-22H,4-5,8-9,12,14H2. The first-order valence-electron chi connectivity index (χ1n) is 10.0. The third-order valence-electron chi connectivity index (χ3n) is 6.35. The van der Waals surface area contributed by atoms with Gasteiger partial charge in [-0.05, 0) is 42.9 Å². The summed E-state index contributed by atoms with van der Waals surface area (Å²) in [7, 11) is 0. The van der Waals surface area contributed by atoms with Crippen LogP contribution in [0.1, 0.15) is 59.9 Å². The lowest BCUT2D eigenvalue weighted by atomic mass is 9.63. The van der Waals surface area contributed by atoms with Crippen LogP contribution in [0, 0.1) is 22.0 Å². The molecule has 5 atom stereocenters. The summed E-state index contributed by atoms with van der Waals surface area (Å²) in [6.45, 7) is 0.324. The zero-order valence-corrected chi connectivity index (χ0v) is 15.7. The van der Waals surface area contributed by atoms with E-state index in [9.17, 15) is 14.9 Å². The first kappa shape index (κ1) is 18.9. The number of hydrogen-bond donors (Lipinski definition) is 0. The van der Waals surface area contributed by atoms with Crippen molar-refractivity contribution in [3.8, 4) is 0 Å². The molecule has 28 heavy (non-hydrogen) atoms. The highest BCUT2D eigenvalue weighted by atomic mass is 16.6. The molecule has 4 rings (SSSR count). The summed E-state index contributed by atoms with van der Waals surface area (Å²) in [4.78, 5) is 23.0. The van der Waals surface area contributed by atoms with Gasteiger partial charge in [-0.3, -0.25) is 14.9 Å². The topological polar surface area (TPSA) is 82.6 Å². The number of carbonyl (C=O) groups excluding carboxylic acids is 1. The second-order valence-electron chi connectivity index (χ2n) is 7.95. The van der Waals surface area contributed by atoms with Gasteiger partial charge in [0.05, 0.1) is 12.5 Å². The quantitative estimate of drug-likeness (QED) is 0.413. The molecule has 1 aromatic heterocycles. The van der Waals surface area contributed by atoms with Crippen molar-refractivity contribution >= 4 is 6.29 Å². The van der Waals surface area contributed by atoms with Crippen LogP contribution in [-0.4, -0.2) is 23.4 Å². The van der Waals surface area contributed by atoms with Crippen LogP contribution in [0.15, 0.2) is 46.9 Å². The molecule has 2 aliphatic rings. The van der Waals surface area contributed by atoms with E-state index in [4.69, 9.17) is 9.15 Å². The second-order valence-corrected chi connectivity index (χ2v) is 7.95. The summed E-state index contributed by atoms with van der Waals surface area (Å²) >= 11 is 0. The molecular weight excluding hydrogens is 358 g/mol. The van der Waals surface area contributed by atoms with Crippen molar-refractivity contribution in [1.29, 1.82) is 0 Å². The van der Waals surface area contributed by atoms with Crippen molar-refractivity contribution in [2.75, 3.05) is 0 Å². The molecule has 2 saturated carbocycles. The van der Waals surface area contributed by atoms with Crippen molar-refractivity contribution in [3.05, 3.63) is 69.7 Å². The molecule has 0 aliphatic heterocycles.